The monoisotopic (exact) mass is 1250 g/mol. The molecule has 0 spiro atoms. The number of carbonyl (C=O) groups is 9. The summed E-state index contributed by atoms with van der Waals surface area (Å²) in [5.74, 6) is -3.49. The number of esters is 2. The number of rotatable bonds is 6. The molecule has 10 bridgehead atoms. The summed E-state index contributed by atoms with van der Waals surface area (Å²) < 4.78 is 13.2. The molecule has 2 saturated heterocycles. The molecule has 9 rings (SSSR count). The Balaban J connectivity index is 0.000000241. The first-order chi connectivity index (χ1) is 43.2. The molecule has 7 N–H and O–H groups in total. The van der Waals surface area contributed by atoms with Crippen molar-refractivity contribution in [3.8, 4) is 12.3 Å². The van der Waals surface area contributed by atoms with E-state index in [0.717, 1.165) is 32.7 Å². The number of ether oxygens (including phenoxy) is 2. The molecule has 0 aliphatic carbocycles. The Hall–Kier alpha value is -10.1. The number of carboxylic acids is 1. The third-order valence-electron chi connectivity index (χ3n) is 15.6. The van der Waals surface area contributed by atoms with Gasteiger partial charge in [-0.25, -0.2) is 15.6 Å². The van der Waals surface area contributed by atoms with Crippen LogP contribution in [0.1, 0.15) is 129 Å². The van der Waals surface area contributed by atoms with Crippen LogP contribution in [0.25, 0.3) is 44.1 Å². The van der Waals surface area contributed by atoms with E-state index in [9.17, 15) is 38.4 Å². The summed E-state index contributed by atoms with van der Waals surface area (Å²) in [7, 11) is 0. The van der Waals surface area contributed by atoms with E-state index in [1.54, 1.807) is 96.0 Å². The second-order valence-corrected chi connectivity index (χ2v) is 23.5. The lowest BCUT2D eigenvalue weighted by molar-refractivity contribution is -0.158. The maximum absolute atomic E-state index is 13.5. The lowest BCUT2D eigenvalue weighted by Gasteiger charge is -2.35. The van der Waals surface area contributed by atoms with Gasteiger partial charge in [-0.1, -0.05) is 46.7 Å². The highest BCUT2D eigenvalue weighted by atomic mass is 16.5. The molecule has 4 aliphatic rings. The summed E-state index contributed by atoms with van der Waals surface area (Å²) in [5.41, 5.74) is 15.5. The van der Waals surface area contributed by atoms with Crippen molar-refractivity contribution < 1.29 is 57.7 Å². The summed E-state index contributed by atoms with van der Waals surface area (Å²) in [6.07, 6.45) is 19.2. The van der Waals surface area contributed by atoms with Crippen LogP contribution in [-0.4, -0.2) is 149 Å². The highest BCUT2D eigenvalue weighted by Gasteiger charge is 2.37. The van der Waals surface area contributed by atoms with Crippen LogP contribution in [0.3, 0.4) is 0 Å². The number of pyridine rings is 2. The molecule has 91 heavy (non-hydrogen) atoms. The number of hydrogen-bond donors (Lipinski definition) is 7. The highest BCUT2D eigenvalue weighted by molar-refractivity contribution is 5.96. The van der Waals surface area contributed by atoms with Gasteiger partial charge in [0.25, 0.3) is 11.8 Å². The third kappa shape index (κ3) is 18.7. The highest BCUT2D eigenvalue weighted by Crippen LogP contribution is 2.28. The molecule has 28 heteroatoms. The van der Waals surface area contributed by atoms with Crippen molar-refractivity contribution in [3.63, 3.8) is 0 Å². The average Bonchev–Trinajstić information content (AvgIpc) is 2.01. The fourth-order valence-corrected chi connectivity index (χ4v) is 9.95. The third-order valence-corrected chi connectivity index (χ3v) is 15.6. The first-order valence-corrected chi connectivity index (χ1v) is 29.8. The molecule has 0 radical (unpaired) electrons. The molecule has 2 aromatic carbocycles. The van der Waals surface area contributed by atoms with Gasteiger partial charge in [-0.15, -0.1) is 11.5 Å². The average molecular weight is 1250 g/mol. The Morgan fingerprint density at radius 1 is 0.692 bits per heavy atom. The lowest BCUT2D eigenvalue weighted by atomic mass is 9.90. The van der Waals surface area contributed by atoms with Gasteiger partial charge in [-0.05, 0) is 158 Å². The topological polar surface area (TPSA) is 376 Å². The number of nitrogens with zero attached hydrogens (tertiary/aromatic N) is 10. The molecule has 3 aromatic heterocycles. The largest absolute Gasteiger partial charge is 0.472 e. The van der Waals surface area contributed by atoms with Crippen LogP contribution in [0.4, 0.5) is 0 Å². The van der Waals surface area contributed by atoms with E-state index in [1.807, 2.05) is 48.5 Å². The quantitative estimate of drug-likeness (QED) is 0.0393. The van der Waals surface area contributed by atoms with Crippen LogP contribution in [0, 0.1) is 23.2 Å². The van der Waals surface area contributed by atoms with Gasteiger partial charge in [-0.2, -0.15) is 0 Å². The summed E-state index contributed by atoms with van der Waals surface area (Å²) in [6, 6.07) is 9.91. The van der Waals surface area contributed by atoms with Crippen molar-refractivity contribution in [1.82, 2.24) is 67.1 Å². The van der Waals surface area contributed by atoms with Crippen molar-refractivity contribution in [2.45, 2.75) is 149 Å². The zero-order valence-electron chi connectivity index (χ0n) is 51.9. The maximum Gasteiger partial charge on any atom is 0.381 e. The first-order valence-electron chi connectivity index (χ1n) is 29.8. The number of nitrogens with one attached hydrogen (secondary N) is 6. The molecule has 0 saturated carbocycles. The Bertz CT molecular complexity index is 3690. The van der Waals surface area contributed by atoms with E-state index in [2.05, 4.69) is 68.8 Å². The zero-order valence-corrected chi connectivity index (χ0v) is 51.9. The van der Waals surface area contributed by atoms with Gasteiger partial charge in [0.2, 0.25) is 23.6 Å². The molecular weight excluding hydrogens is 1170 g/mol. The standard InChI is InChI=1S/C31H38N8O5.C29H36N8O5.C3H2O2/c1-19-28(41)39-13-5-6-26(36-39)29(42)44-20(2)21-7-8-22-18-32-24(17-23(22)16-21)9-11-31(3,4)30(43)35-25(27(40)34-19)10-14-38-15-12-33-37-38;1-17-26(39)37-13-5-6-24(35-37)27(40)42-18(2)19-7-8-20-16-31-22(15-21(20)14-19)9-11-29(3,4)28(41)34-23(25(38)33-17)10-12-32-36-30;1-2-3(4)5/h7-9,11-12,15-20,25-26,36H,5-6,10,13-14H2,1-4H3,(H,34,40)(H,35,43);7-9,11,14-18,23-24,35H,5-6,10,12-13H2,1-4H3,(H,33,38)(H,34,41);1H,(H,4,5)/b2*11-9+;/t19-,20+,25-,26-;17-,18+,23-,24?;/m00./s1. The number of aliphatic carboxylic acids is 1. The van der Waals surface area contributed by atoms with Crippen LogP contribution in [0.15, 0.2) is 90.6 Å². The Morgan fingerprint density at radius 2 is 1.14 bits per heavy atom. The number of carbonyl (C=O) groups excluding carboxylic acids is 8. The SMILES string of the molecule is C#CC(=O)O.C[C@@H]1NC(=O)[C@H](CCN=[N+]=[N-])NC(=O)C(C)(C)/C=C/c2cc3cc(ccc3cn2)[C@@H](C)OC(=O)C2CCCN(N2)C1=O.C[C@@H]1NC(=O)[C@H](CCn2ccnn2)NC(=O)C(C)(C)/C=C/c2cc3cc(ccc3cn2)[C@@H](C)OC(=O)[C@@H]2CCCN(N2)C1=O. The molecule has 480 valence electrons. The number of benzene rings is 2. The number of hydrazine groups is 2. The van der Waals surface area contributed by atoms with Crippen molar-refractivity contribution in [2.75, 3.05) is 19.6 Å². The molecule has 6 amide bonds. The number of aryl methyl sites for hydroxylation is 1. The number of azide groups is 1. The Morgan fingerprint density at radius 3 is 1.56 bits per heavy atom. The second kappa shape index (κ2) is 30.9. The van der Waals surface area contributed by atoms with Gasteiger partial charge in [0.15, 0.2) is 0 Å². The predicted octanol–water partition coefficient (Wildman–Crippen LogP) is 4.84. The summed E-state index contributed by atoms with van der Waals surface area (Å²) in [6.45, 7) is 14.6. The lowest BCUT2D eigenvalue weighted by Crippen LogP contribution is -2.60. The smallest absolute Gasteiger partial charge is 0.381 e. The van der Waals surface area contributed by atoms with E-state index in [-0.39, 0.29) is 25.3 Å². The minimum atomic E-state index is -1.22. The zero-order chi connectivity index (χ0) is 66.2. The summed E-state index contributed by atoms with van der Waals surface area (Å²) >= 11 is 0. The number of carboxylic acid groups (broad SMARTS) is 1. The predicted molar refractivity (Wildman–Crippen MR) is 333 cm³/mol. The van der Waals surface area contributed by atoms with Crippen LogP contribution in [-0.2, 0) is 59.2 Å². The molecule has 28 nitrogen and oxygen atoms in total. The van der Waals surface area contributed by atoms with E-state index < -0.39 is 107 Å². The molecule has 5 aromatic rings. The van der Waals surface area contributed by atoms with Crippen LogP contribution in [0.2, 0.25) is 0 Å². The Kier molecular flexibility index (Phi) is 23.2. The number of hydrogen-bond acceptors (Lipinski definition) is 18. The number of amides is 6. The molecule has 7 heterocycles. The van der Waals surface area contributed by atoms with Gasteiger partial charge in [0.05, 0.1) is 28.4 Å². The maximum atomic E-state index is 13.5. The van der Waals surface area contributed by atoms with Crippen LogP contribution < -0.4 is 32.1 Å². The first kappa shape index (κ1) is 68.4. The van der Waals surface area contributed by atoms with Crippen molar-refractivity contribution in [2.24, 2.45) is 15.9 Å². The second-order valence-electron chi connectivity index (χ2n) is 23.5. The van der Waals surface area contributed by atoms with E-state index in [0.29, 0.717) is 56.7 Å². The Labute approximate surface area is 525 Å². The summed E-state index contributed by atoms with van der Waals surface area (Å²) in [4.78, 5) is 127. The van der Waals surface area contributed by atoms with E-state index in [1.165, 1.54) is 29.1 Å². The summed E-state index contributed by atoms with van der Waals surface area (Å²) in [5, 5.41) is 36.0. The molecule has 4 aliphatic heterocycles. The van der Waals surface area contributed by atoms with Crippen molar-refractivity contribution in [3.05, 3.63) is 118 Å². The fourth-order valence-electron chi connectivity index (χ4n) is 9.95. The fraction of sp³-hybridized carbons (Fsp3) is 0.444. The van der Waals surface area contributed by atoms with Crippen molar-refractivity contribution in [1.29, 1.82) is 0 Å². The normalized spacial score (nSPS) is 24.7. The van der Waals surface area contributed by atoms with Gasteiger partial charge in [0, 0.05) is 66.4 Å². The van der Waals surface area contributed by atoms with Gasteiger partial charge in [-0.3, -0.25) is 63.0 Å². The molecule has 8 atom stereocenters. The van der Waals surface area contributed by atoms with Crippen LogP contribution >= 0.6 is 0 Å². The number of cyclic esters (lactones) is 2. The molecule has 1 unspecified atom stereocenters. The molecular formula is C63H76N16O12. The number of terminal acetylenes is 1. The van der Waals surface area contributed by atoms with Gasteiger partial charge < -0.3 is 35.8 Å². The minimum absolute atomic E-state index is 0.0327. The number of aromatic nitrogens is 5. The van der Waals surface area contributed by atoms with E-state index in [4.69, 9.17) is 24.9 Å². The van der Waals surface area contributed by atoms with Gasteiger partial charge in [0.1, 0.15) is 48.5 Å². The number of fused-ring (bicyclic) bond motifs is 8. The van der Waals surface area contributed by atoms with Crippen molar-refractivity contribution >= 4 is 87.0 Å². The van der Waals surface area contributed by atoms with E-state index >= 15 is 0 Å². The van der Waals surface area contributed by atoms with Gasteiger partial charge >= 0.3 is 17.9 Å². The minimum Gasteiger partial charge on any atom is -0.472 e. The molecule has 2 fully saturated rings. The van der Waals surface area contributed by atoms with Crippen LogP contribution in [0.5, 0.6) is 0 Å².